The number of benzene rings is 2. The van der Waals surface area contributed by atoms with Crippen molar-refractivity contribution in [2.75, 3.05) is 5.32 Å². The van der Waals surface area contributed by atoms with E-state index in [4.69, 9.17) is 11.6 Å². The summed E-state index contributed by atoms with van der Waals surface area (Å²) in [6.07, 6.45) is 0. The molecular formula is C14H10Br2ClNO. The maximum atomic E-state index is 12.1. The molecule has 2 aromatic rings. The van der Waals surface area contributed by atoms with Crippen LogP contribution in [0.5, 0.6) is 0 Å². The number of nitrogens with one attached hydrogen (secondary N) is 1. The van der Waals surface area contributed by atoms with Gasteiger partial charge in [0.15, 0.2) is 0 Å². The van der Waals surface area contributed by atoms with Crippen LogP contribution in [-0.2, 0) is 5.33 Å². The van der Waals surface area contributed by atoms with E-state index < -0.39 is 0 Å². The van der Waals surface area contributed by atoms with E-state index in [1.54, 1.807) is 18.2 Å². The molecule has 19 heavy (non-hydrogen) atoms. The van der Waals surface area contributed by atoms with Crippen LogP contribution in [0.2, 0.25) is 5.02 Å². The summed E-state index contributed by atoms with van der Waals surface area (Å²) in [6, 6.07) is 12.8. The van der Waals surface area contributed by atoms with Crippen molar-refractivity contribution in [1.82, 2.24) is 0 Å². The Balaban J connectivity index is 2.18. The fourth-order valence-corrected chi connectivity index (χ4v) is 2.42. The molecule has 0 radical (unpaired) electrons. The molecule has 0 heterocycles. The van der Waals surface area contributed by atoms with E-state index in [0.29, 0.717) is 15.1 Å². The van der Waals surface area contributed by atoms with Crippen molar-refractivity contribution in [2.24, 2.45) is 0 Å². The summed E-state index contributed by atoms with van der Waals surface area (Å²) in [6.45, 7) is 0. The predicted molar refractivity (Wildman–Crippen MR) is 86.2 cm³/mol. The molecule has 0 saturated carbocycles. The molecule has 0 aromatic heterocycles. The lowest BCUT2D eigenvalue weighted by atomic mass is 10.2. The van der Waals surface area contributed by atoms with Crippen LogP contribution in [0.15, 0.2) is 46.9 Å². The lowest BCUT2D eigenvalue weighted by Crippen LogP contribution is -2.11. The van der Waals surface area contributed by atoms with Gasteiger partial charge in [-0.3, -0.25) is 4.79 Å². The summed E-state index contributed by atoms with van der Waals surface area (Å²) in [4.78, 5) is 12.1. The number of hydrogen-bond donors (Lipinski definition) is 1. The molecule has 2 nitrogen and oxygen atoms in total. The van der Waals surface area contributed by atoms with Gasteiger partial charge in [-0.25, -0.2) is 0 Å². The second-order valence-corrected chi connectivity index (χ2v) is 5.74. The first kappa shape index (κ1) is 14.6. The Morgan fingerprint density at radius 3 is 2.68 bits per heavy atom. The first-order valence-electron chi connectivity index (χ1n) is 5.51. The molecule has 0 aliphatic rings. The second kappa shape index (κ2) is 6.55. The standard InChI is InChI=1S/C14H10Br2ClNO/c15-8-9-2-1-3-11(6-9)18-14(19)10-4-5-13(17)12(16)7-10/h1-7H,8H2,(H,18,19). The number of alkyl halides is 1. The number of anilines is 1. The van der Waals surface area contributed by atoms with Gasteiger partial charge in [0.05, 0.1) is 5.02 Å². The van der Waals surface area contributed by atoms with Gasteiger partial charge in [0.1, 0.15) is 0 Å². The SMILES string of the molecule is O=C(Nc1cccc(CBr)c1)c1ccc(Cl)c(Br)c1. The highest BCUT2D eigenvalue weighted by atomic mass is 79.9. The van der Waals surface area contributed by atoms with Gasteiger partial charge in [-0.2, -0.15) is 0 Å². The Morgan fingerprint density at radius 2 is 2.00 bits per heavy atom. The monoisotopic (exact) mass is 401 g/mol. The number of amides is 1. The third-order valence-electron chi connectivity index (χ3n) is 2.52. The molecule has 5 heteroatoms. The summed E-state index contributed by atoms with van der Waals surface area (Å²) in [5.74, 6) is -0.163. The van der Waals surface area contributed by atoms with E-state index in [9.17, 15) is 4.79 Å². The smallest absolute Gasteiger partial charge is 0.255 e. The molecule has 0 saturated heterocycles. The van der Waals surface area contributed by atoms with Gasteiger partial charge >= 0.3 is 0 Å². The average Bonchev–Trinajstić information content (AvgIpc) is 2.42. The first-order chi connectivity index (χ1) is 9.10. The summed E-state index contributed by atoms with van der Waals surface area (Å²) >= 11 is 12.6. The molecule has 0 fully saturated rings. The van der Waals surface area contributed by atoms with Crippen molar-refractivity contribution in [3.8, 4) is 0 Å². The summed E-state index contributed by atoms with van der Waals surface area (Å²) in [5.41, 5.74) is 2.43. The van der Waals surface area contributed by atoms with Crippen molar-refractivity contribution in [2.45, 2.75) is 5.33 Å². The van der Waals surface area contributed by atoms with E-state index in [2.05, 4.69) is 37.2 Å². The van der Waals surface area contributed by atoms with E-state index in [1.165, 1.54) is 0 Å². The molecule has 1 N–H and O–H groups in total. The summed E-state index contributed by atoms with van der Waals surface area (Å²) in [5, 5.41) is 4.19. The van der Waals surface area contributed by atoms with Crippen molar-refractivity contribution in [3.05, 3.63) is 63.1 Å². The Morgan fingerprint density at radius 1 is 1.21 bits per heavy atom. The minimum atomic E-state index is -0.163. The first-order valence-corrected chi connectivity index (χ1v) is 7.80. The van der Waals surface area contributed by atoms with Gasteiger partial charge in [-0.1, -0.05) is 39.7 Å². The molecule has 0 aliphatic carbocycles. The van der Waals surface area contributed by atoms with Crippen LogP contribution in [0, 0.1) is 0 Å². The lowest BCUT2D eigenvalue weighted by molar-refractivity contribution is 0.102. The van der Waals surface area contributed by atoms with E-state index in [1.807, 2.05) is 24.3 Å². The van der Waals surface area contributed by atoms with Crippen LogP contribution in [-0.4, -0.2) is 5.91 Å². The largest absolute Gasteiger partial charge is 0.322 e. The molecule has 0 aliphatic heterocycles. The molecule has 0 atom stereocenters. The molecular weight excluding hydrogens is 393 g/mol. The molecule has 0 bridgehead atoms. The summed E-state index contributed by atoms with van der Waals surface area (Å²) in [7, 11) is 0. The van der Waals surface area contributed by atoms with Gasteiger partial charge in [-0.05, 0) is 51.8 Å². The van der Waals surface area contributed by atoms with E-state index >= 15 is 0 Å². The number of carbonyl (C=O) groups is 1. The second-order valence-electron chi connectivity index (χ2n) is 3.92. The fraction of sp³-hybridized carbons (Fsp3) is 0.0714. The van der Waals surface area contributed by atoms with Gasteiger partial charge < -0.3 is 5.32 Å². The van der Waals surface area contributed by atoms with Crippen LogP contribution in [0.25, 0.3) is 0 Å². The minimum absolute atomic E-state index is 0.163. The highest BCUT2D eigenvalue weighted by Crippen LogP contribution is 2.23. The average molecular weight is 404 g/mol. The van der Waals surface area contributed by atoms with Crippen molar-refractivity contribution < 1.29 is 4.79 Å². The Labute approximate surface area is 133 Å². The molecule has 0 spiro atoms. The lowest BCUT2D eigenvalue weighted by Gasteiger charge is -2.07. The Hall–Kier alpha value is -0.840. The van der Waals surface area contributed by atoms with Gasteiger partial charge in [0, 0.05) is 21.1 Å². The van der Waals surface area contributed by atoms with Crippen molar-refractivity contribution in [1.29, 1.82) is 0 Å². The maximum absolute atomic E-state index is 12.1. The predicted octanol–water partition coefficient (Wildman–Crippen LogP) is 5.25. The molecule has 2 rings (SSSR count). The zero-order chi connectivity index (χ0) is 13.8. The number of hydrogen-bond acceptors (Lipinski definition) is 1. The van der Waals surface area contributed by atoms with E-state index in [-0.39, 0.29) is 5.91 Å². The Kier molecular flexibility index (Phi) is 5.02. The Bertz CT molecular complexity index is 616. The fourth-order valence-electron chi connectivity index (χ4n) is 1.57. The zero-order valence-corrected chi connectivity index (χ0v) is 13.7. The van der Waals surface area contributed by atoms with Crippen molar-refractivity contribution >= 4 is 55.1 Å². The molecule has 2 aromatic carbocycles. The van der Waals surface area contributed by atoms with Gasteiger partial charge in [0.25, 0.3) is 5.91 Å². The van der Waals surface area contributed by atoms with Crippen LogP contribution in [0.4, 0.5) is 5.69 Å². The van der Waals surface area contributed by atoms with Crippen LogP contribution in [0.1, 0.15) is 15.9 Å². The number of rotatable bonds is 3. The van der Waals surface area contributed by atoms with Crippen molar-refractivity contribution in [3.63, 3.8) is 0 Å². The third kappa shape index (κ3) is 3.81. The molecule has 1 amide bonds. The van der Waals surface area contributed by atoms with Crippen LogP contribution >= 0.6 is 43.5 Å². The third-order valence-corrected chi connectivity index (χ3v) is 4.38. The highest BCUT2D eigenvalue weighted by Gasteiger charge is 2.08. The van der Waals surface area contributed by atoms with Gasteiger partial charge in [-0.15, -0.1) is 0 Å². The number of halogens is 3. The normalized spacial score (nSPS) is 10.3. The quantitative estimate of drug-likeness (QED) is 0.697. The number of carbonyl (C=O) groups excluding carboxylic acids is 1. The summed E-state index contributed by atoms with van der Waals surface area (Å²) < 4.78 is 0.705. The topological polar surface area (TPSA) is 29.1 Å². The minimum Gasteiger partial charge on any atom is -0.322 e. The molecule has 98 valence electrons. The van der Waals surface area contributed by atoms with E-state index in [0.717, 1.165) is 16.6 Å². The van der Waals surface area contributed by atoms with Crippen LogP contribution < -0.4 is 5.32 Å². The van der Waals surface area contributed by atoms with Crippen LogP contribution in [0.3, 0.4) is 0 Å². The highest BCUT2D eigenvalue weighted by molar-refractivity contribution is 9.10. The maximum Gasteiger partial charge on any atom is 0.255 e. The molecule has 0 unspecified atom stereocenters. The van der Waals surface area contributed by atoms with Gasteiger partial charge in [0.2, 0.25) is 0 Å². The zero-order valence-electron chi connectivity index (χ0n) is 9.79.